The number of nitrogens with two attached hydrogens (primary N) is 1. The van der Waals surface area contributed by atoms with Crippen molar-refractivity contribution in [2.75, 3.05) is 20.0 Å². The Hall–Kier alpha value is -2.37. The summed E-state index contributed by atoms with van der Waals surface area (Å²) in [7, 11) is 3.10. The van der Waals surface area contributed by atoms with Crippen molar-refractivity contribution in [2.24, 2.45) is 0 Å². The maximum absolute atomic E-state index is 5.59. The molecule has 88 valence electrons. The third kappa shape index (κ3) is 2.41. The third-order valence-electron chi connectivity index (χ3n) is 2.17. The lowest BCUT2D eigenvalue weighted by molar-refractivity contribution is 0.398. The number of nitrogen functional groups attached to an aromatic ring is 1. The highest BCUT2D eigenvalue weighted by molar-refractivity contribution is 5.61. The fourth-order valence-electron chi connectivity index (χ4n) is 1.37. The van der Waals surface area contributed by atoms with Crippen LogP contribution in [-0.2, 0) is 0 Å². The molecule has 17 heavy (non-hydrogen) atoms. The summed E-state index contributed by atoms with van der Waals surface area (Å²) in [5.74, 6) is 1.22. The normalized spacial score (nSPS) is 10.0. The van der Waals surface area contributed by atoms with Crippen molar-refractivity contribution in [3.63, 3.8) is 0 Å². The van der Waals surface area contributed by atoms with E-state index in [4.69, 9.17) is 15.2 Å². The quantitative estimate of drug-likeness (QED) is 0.854. The smallest absolute Gasteiger partial charge is 0.223 e. The van der Waals surface area contributed by atoms with Crippen LogP contribution in [0, 0.1) is 0 Å². The number of rotatable bonds is 3. The van der Waals surface area contributed by atoms with E-state index in [1.807, 2.05) is 6.07 Å². The van der Waals surface area contributed by atoms with Gasteiger partial charge < -0.3 is 15.2 Å². The molecule has 0 fully saturated rings. The van der Waals surface area contributed by atoms with Crippen molar-refractivity contribution in [1.82, 2.24) is 15.0 Å². The summed E-state index contributed by atoms with van der Waals surface area (Å²) < 4.78 is 10.1. The van der Waals surface area contributed by atoms with Gasteiger partial charge in [-0.1, -0.05) is 0 Å². The molecule has 0 spiro atoms. The molecule has 0 amide bonds. The van der Waals surface area contributed by atoms with Crippen LogP contribution in [0.5, 0.6) is 11.6 Å². The van der Waals surface area contributed by atoms with Gasteiger partial charge in [0.2, 0.25) is 11.8 Å². The average molecular weight is 232 g/mol. The Kier molecular flexibility index (Phi) is 3.04. The molecule has 0 aliphatic carbocycles. The standard InChI is InChI=1S/C11H12N4O2/c1-16-8-3-7(5-13-6-8)9-4-10(17-2)15-11(12)14-9/h3-6H,1-2H3,(H2,12,14,15). The Morgan fingerprint density at radius 3 is 2.59 bits per heavy atom. The molecule has 0 aromatic carbocycles. The summed E-state index contributed by atoms with van der Waals surface area (Å²) in [4.78, 5) is 12.1. The molecule has 0 atom stereocenters. The van der Waals surface area contributed by atoms with E-state index < -0.39 is 0 Å². The van der Waals surface area contributed by atoms with Gasteiger partial charge in [0.05, 0.1) is 26.1 Å². The lowest BCUT2D eigenvalue weighted by atomic mass is 10.2. The Labute approximate surface area is 98.4 Å². The fraction of sp³-hybridized carbons (Fsp3) is 0.182. The van der Waals surface area contributed by atoms with E-state index in [-0.39, 0.29) is 5.95 Å². The predicted octanol–water partition coefficient (Wildman–Crippen LogP) is 1.14. The predicted molar refractivity (Wildman–Crippen MR) is 62.8 cm³/mol. The Bertz CT molecular complexity index is 531. The molecule has 0 unspecified atom stereocenters. The molecule has 2 heterocycles. The second-order valence-electron chi connectivity index (χ2n) is 3.27. The number of nitrogens with zero attached hydrogens (tertiary/aromatic N) is 3. The number of aromatic nitrogens is 3. The summed E-state index contributed by atoms with van der Waals surface area (Å²) in [6, 6.07) is 3.50. The van der Waals surface area contributed by atoms with Crippen LogP contribution in [0.2, 0.25) is 0 Å². The first kappa shape index (κ1) is 11.1. The molecule has 2 aromatic rings. The summed E-state index contributed by atoms with van der Waals surface area (Å²) in [5.41, 5.74) is 7.02. The molecule has 0 aliphatic heterocycles. The maximum atomic E-state index is 5.59. The minimum Gasteiger partial charge on any atom is -0.495 e. The van der Waals surface area contributed by atoms with Crippen LogP contribution in [-0.4, -0.2) is 29.2 Å². The van der Waals surface area contributed by atoms with Crippen LogP contribution in [0.25, 0.3) is 11.3 Å². The molecule has 2 rings (SSSR count). The summed E-state index contributed by atoms with van der Waals surface area (Å²) >= 11 is 0. The molecule has 0 radical (unpaired) electrons. The lowest BCUT2D eigenvalue weighted by Crippen LogP contribution is -1.99. The number of hydrogen-bond donors (Lipinski definition) is 1. The van der Waals surface area contributed by atoms with Gasteiger partial charge in [-0.25, -0.2) is 4.98 Å². The number of hydrogen-bond acceptors (Lipinski definition) is 6. The zero-order valence-corrected chi connectivity index (χ0v) is 9.54. The van der Waals surface area contributed by atoms with Gasteiger partial charge in [0.25, 0.3) is 0 Å². The number of anilines is 1. The van der Waals surface area contributed by atoms with Gasteiger partial charge >= 0.3 is 0 Å². The van der Waals surface area contributed by atoms with Crippen molar-refractivity contribution >= 4 is 5.95 Å². The fourth-order valence-corrected chi connectivity index (χ4v) is 1.37. The maximum Gasteiger partial charge on any atom is 0.223 e. The van der Waals surface area contributed by atoms with Crippen LogP contribution in [0.3, 0.4) is 0 Å². The highest BCUT2D eigenvalue weighted by Gasteiger charge is 2.06. The first-order valence-electron chi connectivity index (χ1n) is 4.91. The largest absolute Gasteiger partial charge is 0.495 e. The molecule has 0 aliphatic rings. The number of pyridine rings is 1. The topological polar surface area (TPSA) is 83.2 Å². The van der Waals surface area contributed by atoms with Gasteiger partial charge in [-0.2, -0.15) is 4.98 Å². The van der Waals surface area contributed by atoms with Crippen LogP contribution < -0.4 is 15.2 Å². The molecule has 0 bridgehead atoms. The third-order valence-corrected chi connectivity index (χ3v) is 2.17. The molecule has 6 heteroatoms. The van der Waals surface area contributed by atoms with Gasteiger partial charge in [-0.05, 0) is 6.07 Å². The summed E-state index contributed by atoms with van der Waals surface area (Å²) in [5, 5.41) is 0. The highest BCUT2D eigenvalue weighted by Crippen LogP contribution is 2.23. The van der Waals surface area contributed by atoms with E-state index in [0.717, 1.165) is 5.56 Å². The van der Waals surface area contributed by atoms with Crippen LogP contribution >= 0.6 is 0 Å². The van der Waals surface area contributed by atoms with Crippen molar-refractivity contribution in [3.8, 4) is 22.9 Å². The number of ether oxygens (including phenoxy) is 2. The lowest BCUT2D eigenvalue weighted by Gasteiger charge is -2.05. The second-order valence-corrected chi connectivity index (χ2v) is 3.27. The van der Waals surface area contributed by atoms with Gasteiger partial charge in [0.15, 0.2) is 0 Å². The van der Waals surface area contributed by atoms with Crippen molar-refractivity contribution < 1.29 is 9.47 Å². The molecule has 0 saturated carbocycles. The van der Waals surface area contributed by atoms with E-state index >= 15 is 0 Å². The first-order valence-corrected chi connectivity index (χ1v) is 4.91. The van der Waals surface area contributed by atoms with E-state index in [0.29, 0.717) is 17.3 Å². The minimum absolute atomic E-state index is 0.155. The zero-order chi connectivity index (χ0) is 12.3. The first-order chi connectivity index (χ1) is 8.22. The highest BCUT2D eigenvalue weighted by atomic mass is 16.5. The van der Waals surface area contributed by atoms with Crippen LogP contribution in [0.15, 0.2) is 24.5 Å². The van der Waals surface area contributed by atoms with Gasteiger partial charge in [0, 0.05) is 17.8 Å². The van der Waals surface area contributed by atoms with E-state index in [9.17, 15) is 0 Å². The molecule has 2 aromatic heterocycles. The van der Waals surface area contributed by atoms with Gasteiger partial charge in [0.1, 0.15) is 5.75 Å². The van der Waals surface area contributed by atoms with Crippen LogP contribution in [0.4, 0.5) is 5.95 Å². The second kappa shape index (κ2) is 4.65. The molecule has 0 saturated heterocycles. The molecule has 2 N–H and O–H groups in total. The monoisotopic (exact) mass is 232 g/mol. The van der Waals surface area contributed by atoms with Crippen LogP contribution in [0.1, 0.15) is 0 Å². The Balaban J connectivity index is 2.47. The molecular formula is C11H12N4O2. The van der Waals surface area contributed by atoms with Crippen molar-refractivity contribution in [1.29, 1.82) is 0 Å². The average Bonchev–Trinajstić information content (AvgIpc) is 2.38. The van der Waals surface area contributed by atoms with Crippen molar-refractivity contribution in [2.45, 2.75) is 0 Å². The number of methoxy groups -OCH3 is 2. The Morgan fingerprint density at radius 1 is 1.06 bits per heavy atom. The van der Waals surface area contributed by atoms with Gasteiger partial charge in [-0.3, -0.25) is 4.98 Å². The SMILES string of the molecule is COc1cncc(-c2cc(OC)nc(N)n2)c1. The van der Waals surface area contributed by atoms with Crippen molar-refractivity contribution in [3.05, 3.63) is 24.5 Å². The Morgan fingerprint density at radius 2 is 1.88 bits per heavy atom. The van der Waals surface area contributed by atoms with E-state index in [2.05, 4.69) is 15.0 Å². The summed E-state index contributed by atoms with van der Waals surface area (Å²) in [6.07, 6.45) is 3.29. The van der Waals surface area contributed by atoms with E-state index in [1.54, 1.807) is 25.6 Å². The van der Waals surface area contributed by atoms with Gasteiger partial charge in [-0.15, -0.1) is 0 Å². The summed E-state index contributed by atoms with van der Waals surface area (Å²) in [6.45, 7) is 0. The zero-order valence-electron chi connectivity index (χ0n) is 9.54. The molecule has 6 nitrogen and oxygen atoms in total. The minimum atomic E-state index is 0.155. The van der Waals surface area contributed by atoms with E-state index in [1.165, 1.54) is 7.11 Å². The molecular weight excluding hydrogens is 220 g/mol.